The van der Waals surface area contributed by atoms with Crippen molar-refractivity contribution in [2.24, 2.45) is 0 Å². The summed E-state index contributed by atoms with van der Waals surface area (Å²) < 4.78 is 30.0. The number of fused-ring (bicyclic) bond motifs is 1. The fraction of sp³-hybridized carbons (Fsp3) is 0.333. The molecule has 0 unspecified atom stereocenters. The van der Waals surface area contributed by atoms with Gasteiger partial charge in [-0.1, -0.05) is 18.2 Å². The lowest BCUT2D eigenvalue weighted by Crippen LogP contribution is -2.45. The summed E-state index contributed by atoms with van der Waals surface area (Å²) in [6.07, 6.45) is 0. The number of ether oxygens (including phenoxy) is 3. The molecule has 30 heavy (non-hydrogen) atoms. The van der Waals surface area contributed by atoms with Gasteiger partial charge in [-0.15, -0.1) is 0 Å². The Morgan fingerprint density at radius 1 is 1.03 bits per heavy atom. The summed E-state index contributed by atoms with van der Waals surface area (Å²) in [7, 11) is 0. The number of nitrogens with zero attached hydrogens (tertiary/aromatic N) is 1. The van der Waals surface area contributed by atoms with Gasteiger partial charge in [0.1, 0.15) is 5.82 Å². The maximum atomic E-state index is 13.7. The lowest BCUT2D eigenvalue weighted by Gasteiger charge is -2.34. The third-order valence-electron chi connectivity index (χ3n) is 5.05. The van der Waals surface area contributed by atoms with E-state index in [-0.39, 0.29) is 25.1 Å². The first kappa shape index (κ1) is 20.1. The van der Waals surface area contributed by atoms with Gasteiger partial charge in [0.15, 0.2) is 11.5 Å². The minimum Gasteiger partial charge on any atom is -0.454 e. The second-order valence-corrected chi connectivity index (χ2v) is 6.92. The lowest BCUT2D eigenvalue weighted by molar-refractivity contribution is -0.136. The summed E-state index contributed by atoms with van der Waals surface area (Å²) in [5.74, 6) is -1.05. The first-order chi connectivity index (χ1) is 14.6. The maximum Gasteiger partial charge on any atom is 0.313 e. The van der Waals surface area contributed by atoms with Gasteiger partial charge in [0.2, 0.25) is 6.79 Å². The van der Waals surface area contributed by atoms with Crippen LogP contribution in [0.1, 0.15) is 11.6 Å². The normalized spacial score (nSPS) is 16.7. The second kappa shape index (κ2) is 9.10. The van der Waals surface area contributed by atoms with Gasteiger partial charge in [0.25, 0.3) is 0 Å². The molecule has 2 aliphatic heterocycles. The zero-order chi connectivity index (χ0) is 20.9. The fourth-order valence-electron chi connectivity index (χ4n) is 3.48. The molecular weight excluding hydrogens is 393 g/mol. The molecule has 2 aromatic rings. The zero-order valence-electron chi connectivity index (χ0n) is 16.2. The molecule has 4 rings (SSSR count). The van der Waals surface area contributed by atoms with Crippen molar-refractivity contribution in [1.29, 1.82) is 0 Å². The highest BCUT2D eigenvalue weighted by molar-refractivity contribution is 6.39. The Morgan fingerprint density at radius 3 is 2.60 bits per heavy atom. The fourth-order valence-corrected chi connectivity index (χ4v) is 3.48. The minimum absolute atomic E-state index is 0.0434. The van der Waals surface area contributed by atoms with E-state index in [1.54, 1.807) is 6.07 Å². The van der Waals surface area contributed by atoms with Crippen LogP contribution in [0.5, 0.6) is 11.5 Å². The summed E-state index contributed by atoms with van der Waals surface area (Å²) in [5.41, 5.74) is 0.883. The van der Waals surface area contributed by atoms with Gasteiger partial charge in [0, 0.05) is 19.6 Å². The van der Waals surface area contributed by atoms with Gasteiger partial charge >= 0.3 is 11.8 Å². The van der Waals surface area contributed by atoms with Gasteiger partial charge in [0.05, 0.1) is 24.9 Å². The van der Waals surface area contributed by atoms with Crippen LogP contribution in [0.15, 0.2) is 42.5 Å². The largest absolute Gasteiger partial charge is 0.454 e. The quantitative estimate of drug-likeness (QED) is 0.723. The molecule has 1 saturated heterocycles. The van der Waals surface area contributed by atoms with E-state index in [4.69, 9.17) is 14.2 Å². The number of carbonyl (C=O) groups excluding carboxylic acids is 2. The summed E-state index contributed by atoms with van der Waals surface area (Å²) in [6.45, 7) is 2.93. The Morgan fingerprint density at radius 2 is 1.80 bits per heavy atom. The highest BCUT2D eigenvalue weighted by Crippen LogP contribution is 2.35. The molecule has 2 aliphatic rings. The highest BCUT2D eigenvalue weighted by atomic mass is 19.1. The minimum atomic E-state index is -0.925. The van der Waals surface area contributed by atoms with E-state index in [9.17, 15) is 14.0 Å². The van der Waals surface area contributed by atoms with Crippen molar-refractivity contribution >= 4 is 17.5 Å². The number of morpholine rings is 1. The summed E-state index contributed by atoms with van der Waals surface area (Å²) in [5, 5.41) is 4.95. The van der Waals surface area contributed by atoms with Crippen molar-refractivity contribution in [3.63, 3.8) is 0 Å². The Balaban J connectivity index is 1.44. The lowest BCUT2D eigenvalue weighted by atomic mass is 10.0. The summed E-state index contributed by atoms with van der Waals surface area (Å²) in [6, 6.07) is 11.1. The van der Waals surface area contributed by atoms with Crippen LogP contribution in [0.4, 0.5) is 10.1 Å². The third kappa shape index (κ3) is 4.52. The van der Waals surface area contributed by atoms with Crippen molar-refractivity contribution in [3.8, 4) is 11.5 Å². The number of para-hydroxylation sites is 1. The molecule has 0 aliphatic carbocycles. The standard InChI is InChI=1S/C21H22FN3O5/c22-15-3-1-2-4-16(15)24-21(27)20(26)23-12-17(25-7-9-28-10-8-25)14-5-6-18-19(11-14)30-13-29-18/h1-6,11,17H,7-10,12-13H2,(H,23,26)(H,24,27)/t17-/m0/s1. The Hall–Kier alpha value is -3.17. The maximum absolute atomic E-state index is 13.7. The molecule has 0 aromatic heterocycles. The molecule has 2 amide bonds. The van der Waals surface area contributed by atoms with Crippen LogP contribution in [-0.2, 0) is 14.3 Å². The van der Waals surface area contributed by atoms with Gasteiger partial charge in [-0.2, -0.15) is 0 Å². The SMILES string of the molecule is O=C(NC[C@@H](c1ccc2c(c1)OCO2)N1CCOCC1)C(=O)Nc1ccccc1F. The Bertz CT molecular complexity index is 933. The van der Waals surface area contributed by atoms with Crippen molar-refractivity contribution in [2.45, 2.75) is 6.04 Å². The summed E-state index contributed by atoms with van der Waals surface area (Å²) in [4.78, 5) is 26.7. The number of amides is 2. The van der Waals surface area contributed by atoms with Crippen molar-refractivity contribution in [2.75, 3.05) is 45.0 Å². The monoisotopic (exact) mass is 415 g/mol. The van der Waals surface area contributed by atoms with E-state index in [2.05, 4.69) is 15.5 Å². The van der Waals surface area contributed by atoms with Crippen molar-refractivity contribution in [1.82, 2.24) is 10.2 Å². The molecule has 0 bridgehead atoms. The number of rotatable bonds is 5. The Kier molecular flexibility index (Phi) is 6.10. The van der Waals surface area contributed by atoms with Crippen LogP contribution in [0.3, 0.4) is 0 Å². The molecule has 9 heteroatoms. The van der Waals surface area contributed by atoms with Crippen LogP contribution >= 0.6 is 0 Å². The molecular formula is C21H22FN3O5. The van der Waals surface area contributed by atoms with E-state index >= 15 is 0 Å². The predicted molar refractivity (Wildman–Crippen MR) is 106 cm³/mol. The van der Waals surface area contributed by atoms with E-state index in [1.807, 2.05) is 18.2 Å². The third-order valence-corrected chi connectivity index (χ3v) is 5.05. The molecule has 0 radical (unpaired) electrons. The molecule has 8 nitrogen and oxygen atoms in total. The Labute approximate surface area is 172 Å². The summed E-state index contributed by atoms with van der Waals surface area (Å²) >= 11 is 0. The van der Waals surface area contributed by atoms with Crippen molar-refractivity contribution in [3.05, 3.63) is 53.8 Å². The van der Waals surface area contributed by atoms with E-state index in [0.29, 0.717) is 37.8 Å². The average Bonchev–Trinajstić information content (AvgIpc) is 3.24. The number of hydrogen-bond acceptors (Lipinski definition) is 6. The molecule has 158 valence electrons. The van der Waals surface area contributed by atoms with E-state index < -0.39 is 17.6 Å². The van der Waals surface area contributed by atoms with E-state index in [1.165, 1.54) is 18.2 Å². The highest BCUT2D eigenvalue weighted by Gasteiger charge is 2.26. The van der Waals surface area contributed by atoms with Crippen molar-refractivity contribution < 1.29 is 28.2 Å². The van der Waals surface area contributed by atoms with Gasteiger partial charge in [-0.25, -0.2) is 4.39 Å². The number of hydrogen-bond donors (Lipinski definition) is 2. The van der Waals surface area contributed by atoms with Crippen LogP contribution in [0.2, 0.25) is 0 Å². The van der Waals surface area contributed by atoms with Gasteiger partial charge in [-0.3, -0.25) is 14.5 Å². The van der Waals surface area contributed by atoms with Gasteiger partial charge in [-0.05, 0) is 29.8 Å². The van der Waals surface area contributed by atoms with Crippen LogP contribution < -0.4 is 20.1 Å². The van der Waals surface area contributed by atoms with E-state index in [0.717, 1.165) is 5.56 Å². The molecule has 1 fully saturated rings. The van der Waals surface area contributed by atoms with Crippen LogP contribution in [0.25, 0.3) is 0 Å². The number of benzene rings is 2. The molecule has 0 saturated carbocycles. The second-order valence-electron chi connectivity index (χ2n) is 6.92. The smallest absolute Gasteiger partial charge is 0.313 e. The van der Waals surface area contributed by atoms with Crippen LogP contribution in [0, 0.1) is 5.82 Å². The zero-order valence-corrected chi connectivity index (χ0v) is 16.2. The topological polar surface area (TPSA) is 89.1 Å². The first-order valence-corrected chi connectivity index (χ1v) is 9.67. The molecule has 2 aromatic carbocycles. The molecule has 2 N–H and O–H groups in total. The average molecular weight is 415 g/mol. The number of carbonyl (C=O) groups is 2. The molecule has 1 atom stereocenters. The molecule has 2 heterocycles. The number of nitrogens with one attached hydrogen (secondary N) is 2. The number of anilines is 1. The number of halogens is 1. The van der Waals surface area contributed by atoms with Crippen LogP contribution in [-0.4, -0.2) is 56.4 Å². The first-order valence-electron chi connectivity index (χ1n) is 9.67. The van der Waals surface area contributed by atoms with Gasteiger partial charge < -0.3 is 24.8 Å². The predicted octanol–water partition coefficient (Wildman–Crippen LogP) is 1.68. The molecule has 0 spiro atoms.